The van der Waals surface area contributed by atoms with Gasteiger partial charge in [0, 0.05) is 34.4 Å². The number of morpholine rings is 1. The number of benzene rings is 1. The summed E-state index contributed by atoms with van der Waals surface area (Å²) in [5, 5.41) is 0.603. The first kappa shape index (κ1) is 20.1. The van der Waals surface area contributed by atoms with Gasteiger partial charge < -0.3 is 15.2 Å². The van der Waals surface area contributed by atoms with E-state index in [1.807, 2.05) is 23.5 Å². The van der Waals surface area contributed by atoms with Crippen molar-refractivity contribution in [2.45, 2.75) is 32.4 Å². The van der Waals surface area contributed by atoms with E-state index in [4.69, 9.17) is 26.8 Å². The van der Waals surface area contributed by atoms with Crippen LogP contribution in [0.15, 0.2) is 30.3 Å². The molecule has 1 atom stereocenters. The molecule has 0 aliphatic carbocycles. The number of carbonyl (C=O) groups excluding carboxylic acids is 1. The molecule has 0 radical (unpaired) electrons. The summed E-state index contributed by atoms with van der Waals surface area (Å²) in [6.07, 6.45) is 0.117. The average molecular weight is 409 g/mol. The first-order chi connectivity index (χ1) is 12.8. The molecule has 1 aromatic heterocycles. The molecule has 0 bridgehead atoms. The fraction of sp³-hybridized carbons (Fsp3) is 0.450. The number of rotatable bonds is 7. The van der Waals surface area contributed by atoms with Crippen LogP contribution < -0.4 is 10.5 Å². The number of amides is 1. The Bertz CT molecular complexity index is 810. The first-order valence-electron chi connectivity index (χ1n) is 8.94. The van der Waals surface area contributed by atoms with Crippen LogP contribution in [0.3, 0.4) is 0 Å². The Labute approximate surface area is 169 Å². The fourth-order valence-corrected chi connectivity index (χ4v) is 4.59. The van der Waals surface area contributed by atoms with Crippen LogP contribution in [0, 0.1) is 13.8 Å². The molecule has 3 rings (SSSR count). The molecule has 27 heavy (non-hydrogen) atoms. The molecule has 1 aromatic carbocycles. The summed E-state index contributed by atoms with van der Waals surface area (Å²) in [6, 6.07) is 9.43. The molecule has 7 heteroatoms. The van der Waals surface area contributed by atoms with Crippen LogP contribution in [0.4, 0.5) is 0 Å². The minimum absolute atomic E-state index is 0.117. The van der Waals surface area contributed by atoms with Crippen molar-refractivity contribution in [2.24, 2.45) is 5.73 Å². The van der Waals surface area contributed by atoms with Crippen molar-refractivity contribution in [3.63, 3.8) is 0 Å². The summed E-state index contributed by atoms with van der Waals surface area (Å²) in [7, 11) is 0. The molecule has 1 amide bonds. The number of primary amides is 1. The van der Waals surface area contributed by atoms with E-state index < -0.39 is 11.5 Å². The molecule has 1 aliphatic heterocycles. The largest absolute Gasteiger partial charge is 0.490 e. The maximum Gasteiger partial charge on any atom is 0.220 e. The normalized spacial score (nSPS) is 20.6. The summed E-state index contributed by atoms with van der Waals surface area (Å²) >= 11 is 7.83. The van der Waals surface area contributed by atoms with Crippen LogP contribution in [0.25, 0.3) is 0 Å². The van der Waals surface area contributed by atoms with Gasteiger partial charge in [0.05, 0.1) is 13.0 Å². The number of halogens is 1. The molecule has 2 aromatic rings. The van der Waals surface area contributed by atoms with Crippen molar-refractivity contribution >= 4 is 28.8 Å². The fourth-order valence-electron chi connectivity index (χ4n) is 3.47. The van der Waals surface area contributed by atoms with E-state index in [2.05, 4.69) is 24.8 Å². The van der Waals surface area contributed by atoms with Gasteiger partial charge in [-0.05, 0) is 43.7 Å². The SMILES string of the molecule is Cc1cc(CN2CCOC(COc3cccc(Cl)c3)(CC(N)=O)C2)c(C)s1. The van der Waals surface area contributed by atoms with E-state index in [9.17, 15) is 4.79 Å². The quantitative estimate of drug-likeness (QED) is 0.760. The number of hydrogen-bond acceptors (Lipinski definition) is 5. The van der Waals surface area contributed by atoms with Gasteiger partial charge in [0.1, 0.15) is 18.0 Å². The monoisotopic (exact) mass is 408 g/mol. The van der Waals surface area contributed by atoms with Crippen molar-refractivity contribution in [2.75, 3.05) is 26.3 Å². The molecule has 2 N–H and O–H groups in total. The number of ether oxygens (including phenoxy) is 2. The van der Waals surface area contributed by atoms with Crippen molar-refractivity contribution < 1.29 is 14.3 Å². The lowest BCUT2D eigenvalue weighted by atomic mass is 9.97. The van der Waals surface area contributed by atoms with Gasteiger partial charge in [-0.15, -0.1) is 11.3 Å². The number of nitrogens with two attached hydrogens (primary N) is 1. The van der Waals surface area contributed by atoms with Gasteiger partial charge in [-0.25, -0.2) is 0 Å². The average Bonchev–Trinajstić information content (AvgIpc) is 2.90. The molecule has 146 valence electrons. The first-order valence-corrected chi connectivity index (χ1v) is 10.1. The maximum atomic E-state index is 11.7. The number of aryl methyl sites for hydroxylation is 2. The molecule has 1 saturated heterocycles. The van der Waals surface area contributed by atoms with E-state index in [0.29, 0.717) is 23.9 Å². The highest BCUT2D eigenvalue weighted by Gasteiger charge is 2.39. The van der Waals surface area contributed by atoms with Gasteiger partial charge in [0.25, 0.3) is 0 Å². The highest BCUT2D eigenvalue weighted by Crippen LogP contribution is 2.28. The lowest BCUT2D eigenvalue weighted by molar-refractivity contribution is -0.148. The number of carbonyl (C=O) groups is 1. The third kappa shape index (κ3) is 5.45. The molecule has 1 fully saturated rings. The van der Waals surface area contributed by atoms with E-state index in [0.717, 1.165) is 13.1 Å². The third-order valence-electron chi connectivity index (χ3n) is 4.66. The van der Waals surface area contributed by atoms with Crippen LogP contribution in [0.1, 0.15) is 21.7 Å². The van der Waals surface area contributed by atoms with Gasteiger partial charge in [0.2, 0.25) is 5.91 Å². The highest BCUT2D eigenvalue weighted by molar-refractivity contribution is 7.12. The zero-order valence-corrected chi connectivity index (χ0v) is 17.2. The summed E-state index contributed by atoms with van der Waals surface area (Å²) in [6.45, 7) is 7.28. The molecule has 5 nitrogen and oxygen atoms in total. The number of thiophene rings is 1. The lowest BCUT2D eigenvalue weighted by Crippen LogP contribution is -2.56. The predicted molar refractivity (Wildman–Crippen MR) is 109 cm³/mol. The lowest BCUT2D eigenvalue weighted by Gasteiger charge is -2.42. The predicted octanol–water partition coefficient (Wildman–Crippen LogP) is 3.54. The number of hydrogen-bond donors (Lipinski definition) is 1. The molecular weight excluding hydrogens is 384 g/mol. The minimum Gasteiger partial charge on any atom is -0.490 e. The Morgan fingerprint density at radius 1 is 1.41 bits per heavy atom. The van der Waals surface area contributed by atoms with Crippen molar-refractivity contribution in [3.8, 4) is 5.75 Å². The van der Waals surface area contributed by atoms with E-state index in [1.165, 1.54) is 15.3 Å². The Kier molecular flexibility index (Phi) is 6.42. The van der Waals surface area contributed by atoms with Crippen molar-refractivity contribution in [3.05, 3.63) is 50.7 Å². The van der Waals surface area contributed by atoms with Crippen LogP contribution >= 0.6 is 22.9 Å². The smallest absolute Gasteiger partial charge is 0.220 e. The maximum absolute atomic E-state index is 11.7. The van der Waals surface area contributed by atoms with Crippen molar-refractivity contribution in [1.29, 1.82) is 0 Å². The molecule has 2 heterocycles. The Hall–Kier alpha value is -1.60. The van der Waals surface area contributed by atoms with Crippen LogP contribution in [0.5, 0.6) is 5.75 Å². The van der Waals surface area contributed by atoms with Gasteiger partial charge >= 0.3 is 0 Å². The van der Waals surface area contributed by atoms with E-state index in [1.54, 1.807) is 12.1 Å². The van der Waals surface area contributed by atoms with Crippen LogP contribution in [0.2, 0.25) is 5.02 Å². The van der Waals surface area contributed by atoms with Crippen molar-refractivity contribution in [1.82, 2.24) is 4.90 Å². The summed E-state index contributed by atoms with van der Waals surface area (Å²) < 4.78 is 11.9. The molecular formula is C20H25ClN2O3S. The standard InChI is InChI=1S/C20H25ClN2O3S/c1-14-8-16(15(2)27-14)11-23-6-7-26-20(12-23,10-19(22)24)13-25-18-5-3-4-17(21)9-18/h3-5,8-9H,6-7,10-13H2,1-2H3,(H2,22,24). The topological polar surface area (TPSA) is 64.8 Å². The van der Waals surface area contributed by atoms with E-state index in [-0.39, 0.29) is 13.0 Å². The number of nitrogens with zero attached hydrogens (tertiary/aromatic N) is 1. The highest BCUT2D eigenvalue weighted by atomic mass is 35.5. The van der Waals surface area contributed by atoms with E-state index >= 15 is 0 Å². The van der Waals surface area contributed by atoms with Gasteiger partial charge in [-0.2, -0.15) is 0 Å². The zero-order chi connectivity index (χ0) is 19.4. The van der Waals surface area contributed by atoms with Gasteiger partial charge in [0.15, 0.2) is 0 Å². The second-order valence-electron chi connectivity index (χ2n) is 7.07. The second-order valence-corrected chi connectivity index (χ2v) is 8.97. The Morgan fingerprint density at radius 3 is 2.89 bits per heavy atom. The third-order valence-corrected chi connectivity index (χ3v) is 5.90. The molecule has 0 spiro atoms. The summed E-state index contributed by atoms with van der Waals surface area (Å²) in [5.41, 5.74) is 6.08. The Balaban J connectivity index is 1.72. The summed E-state index contributed by atoms with van der Waals surface area (Å²) in [4.78, 5) is 16.7. The molecule has 1 unspecified atom stereocenters. The summed E-state index contributed by atoms with van der Waals surface area (Å²) in [5.74, 6) is 0.255. The van der Waals surface area contributed by atoms with Crippen LogP contribution in [-0.2, 0) is 16.1 Å². The zero-order valence-electron chi connectivity index (χ0n) is 15.7. The Morgan fingerprint density at radius 2 is 2.22 bits per heavy atom. The van der Waals surface area contributed by atoms with Gasteiger partial charge in [-0.1, -0.05) is 17.7 Å². The minimum atomic E-state index is -0.759. The van der Waals surface area contributed by atoms with Gasteiger partial charge in [-0.3, -0.25) is 9.69 Å². The molecule has 1 aliphatic rings. The second kappa shape index (κ2) is 8.61. The molecule has 0 saturated carbocycles. The van der Waals surface area contributed by atoms with Crippen LogP contribution in [-0.4, -0.2) is 42.7 Å².